The number of piperazine rings is 1. The van der Waals surface area contributed by atoms with Gasteiger partial charge in [-0.3, -0.25) is 14.5 Å². The maximum atomic E-state index is 14.0. The fourth-order valence-corrected chi connectivity index (χ4v) is 4.37. The second kappa shape index (κ2) is 9.60. The van der Waals surface area contributed by atoms with Crippen molar-refractivity contribution in [2.24, 2.45) is 5.92 Å². The third kappa shape index (κ3) is 5.31. The van der Waals surface area contributed by atoms with Crippen LogP contribution in [0.2, 0.25) is 0 Å². The number of para-hydroxylation sites is 1. The van der Waals surface area contributed by atoms with Crippen LogP contribution < -0.4 is 5.32 Å². The zero-order valence-corrected chi connectivity index (χ0v) is 18.0. The third-order valence-corrected chi connectivity index (χ3v) is 6.34. The number of carbonyl (C=O) groups is 2. The van der Waals surface area contributed by atoms with Crippen LogP contribution in [0.4, 0.5) is 4.39 Å². The van der Waals surface area contributed by atoms with Crippen molar-refractivity contribution in [3.05, 3.63) is 48.0 Å². The summed E-state index contributed by atoms with van der Waals surface area (Å²) in [5.74, 6) is 0.324. The molecule has 7 nitrogen and oxygen atoms in total. The second-order valence-corrected chi connectivity index (χ2v) is 8.72. The summed E-state index contributed by atoms with van der Waals surface area (Å²) in [4.78, 5) is 29.1. The summed E-state index contributed by atoms with van der Waals surface area (Å²) in [6.07, 6.45) is 7.52. The summed E-state index contributed by atoms with van der Waals surface area (Å²) in [5.41, 5.74) is 0.741. The SMILES string of the molecule is CC1CCC(NC(=O)CN2CCN(C(=O)c3cnn(-c4ccccc4F)c3)CC2)CC1. The van der Waals surface area contributed by atoms with Crippen molar-refractivity contribution >= 4 is 11.8 Å². The lowest BCUT2D eigenvalue weighted by Crippen LogP contribution is -2.52. The molecule has 0 bridgehead atoms. The van der Waals surface area contributed by atoms with Gasteiger partial charge in [0.05, 0.1) is 18.3 Å². The maximum Gasteiger partial charge on any atom is 0.257 e. The molecule has 1 aromatic heterocycles. The first-order chi connectivity index (χ1) is 15.0. The number of hydrogen-bond donors (Lipinski definition) is 1. The Morgan fingerprint density at radius 2 is 1.81 bits per heavy atom. The average molecular weight is 428 g/mol. The van der Waals surface area contributed by atoms with E-state index in [4.69, 9.17) is 0 Å². The zero-order chi connectivity index (χ0) is 21.8. The molecule has 0 spiro atoms. The van der Waals surface area contributed by atoms with Gasteiger partial charge in [-0.2, -0.15) is 5.10 Å². The van der Waals surface area contributed by atoms with E-state index in [1.807, 2.05) is 0 Å². The lowest BCUT2D eigenvalue weighted by molar-refractivity contribution is -0.123. The molecule has 31 heavy (non-hydrogen) atoms. The van der Waals surface area contributed by atoms with E-state index in [9.17, 15) is 14.0 Å². The van der Waals surface area contributed by atoms with Crippen molar-refractivity contribution in [2.75, 3.05) is 32.7 Å². The molecule has 1 N–H and O–H groups in total. The van der Waals surface area contributed by atoms with Gasteiger partial charge in [-0.05, 0) is 43.7 Å². The summed E-state index contributed by atoms with van der Waals surface area (Å²) >= 11 is 0. The van der Waals surface area contributed by atoms with E-state index < -0.39 is 0 Å². The molecule has 166 valence electrons. The van der Waals surface area contributed by atoms with Crippen LogP contribution in [0.25, 0.3) is 5.69 Å². The van der Waals surface area contributed by atoms with E-state index in [0.29, 0.717) is 50.0 Å². The van der Waals surface area contributed by atoms with Gasteiger partial charge in [0.1, 0.15) is 11.5 Å². The van der Waals surface area contributed by atoms with Crippen LogP contribution in [0.1, 0.15) is 43.0 Å². The molecule has 2 fully saturated rings. The molecular formula is C23H30FN5O2. The molecule has 2 amide bonds. The lowest BCUT2D eigenvalue weighted by atomic mass is 9.87. The van der Waals surface area contributed by atoms with Crippen molar-refractivity contribution in [3.63, 3.8) is 0 Å². The highest BCUT2D eigenvalue weighted by atomic mass is 19.1. The monoisotopic (exact) mass is 427 g/mol. The number of amides is 2. The lowest BCUT2D eigenvalue weighted by Gasteiger charge is -2.34. The molecule has 0 atom stereocenters. The molecule has 2 aromatic rings. The molecule has 1 saturated heterocycles. The number of nitrogens with one attached hydrogen (secondary N) is 1. The quantitative estimate of drug-likeness (QED) is 0.796. The van der Waals surface area contributed by atoms with Gasteiger partial charge in [-0.1, -0.05) is 19.1 Å². The van der Waals surface area contributed by atoms with Crippen molar-refractivity contribution in [1.82, 2.24) is 24.9 Å². The molecule has 2 heterocycles. The summed E-state index contributed by atoms with van der Waals surface area (Å²) < 4.78 is 15.3. The molecule has 1 aliphatic heterocycles. The number of rotatable bonds is 5. The van der Waals surface area contributed by atoms with E-state index in [1.54, 1.807) is 29.3 Å². The van der Waals surface area contributed by atoms with Crippen LogP contribution in [0.15, 0.2) is 36.7 Å². The van der Waals surface area contributed by atoms with Crippen molar-refractivity contribution in [3.8, 4) is 5.69 Å². The standard InChI is InChI=1S/C23H30FN5O2/c1-17-6-8-19(9-7-17)26-22(30)16-27-10-12-28(13-11-27)23(31)18-14-25-29(15-18)21-5-3-2-4-20(21)24/h2-5,14-15,17,19H,6-13,16H2,1H3,(H,26,30). The van der Waals surface area contributed by atoms with Crippen molar-refractivity contribution in [1.29, 1.82) is 0 Å². The van der Waals surface area contributed by atoms with Crippen molar-refractivity contribution in [2.45, 2.75) is 38.6 Å². The fraction of sp³-hybridized carbons (Fsp3) is 0.522. The summed E-state index contributed by atoms with van der Waals surface area (Å²) in [6.45, 7) is 5.06. The zero-order valence-electron chi connectivity index (χ0n) is 18.0. The smallest absolute Gasteiger partial charge is 0.257 e. The Morgan fingerprint density at radius 1 is 1.10 bits per heavy atom. The number of carbonyl (C=O) groups excluding carboxylic acids is 2. The number of benzene rings is 1. The van der Waals surface area contributed by atoms with Gasteiger partial charge in [0.15, 0.2) is 0 Å². The minimum Gasteiger partial charge on any atom is -0.352 e. The van der Waals surface area contributed by atoms with E-state index in [1.165, 1.54) is 29.8 Å². The van der Waals surface area contributed by atoms with E-state index >= 15 is 0 Å². The Morgan fingerprint density at radius 3 is 2.52 bits per heavy atom. The predicted octanol–water partition coefficient (Wildman–Crippen LogP) is 2.46. The minimum absolute atomic E-state index is 0.0745. The molecule has 1 aliphatic carbocycles. The van der Waals surface area contributed by atoms with Crippen molar-refractivity contribution < 1.29 is 14.0 Å². The Bertz CT molecular complexity index is 914. The van der Waals surface area contributed by atoms with E-state index in [0.717, 1.165) is 18.8 Å². The van der Waals surface area contributed by atoms with Gasteiger partial charge in [-0.25, -0.2) is 9.07 Å². The average Bonchev–Trinajstić information content (AvgIpc) is 3.26. The molecular weight excluding hydrogens is 397 g/mol. The first kappa shape index (κ1) is 21.5. The molecule has 2 aliphatic rings. The van der Waals surface area contributed by atoms with Crippen LogP contribution >= 0.6 is 0 Å². The normalized spacial score (nSPS) is 22.3. The molecule has 1 aromatic carbocycles. The Balaban J connectivity index is 1.26. The first-order valence-electron chi connectivity index (χ1n) is 11.1. The summed E-state index contributed by atoms with van der Waals surface area (Å²) in [7, 11) is 0. The van der Waals surface area contributed by atoms with Gasteiger partial charge < -0.3 is 10.2 Å². The summed E-state index contributed by atoms with van der Waals surface area (Å²) in [6, 6.07) is 6.63. The molecule has 4 rings (SSSR count). The Kier molecular flexibility index (Phi) is 6.65. The van der Waals surface area contributed by atoms with Crippen LogP contribution in [0.3, 0.4) is 0 Å². The third-order valence-electron chi connectivity index (χ3n) is 6.34. The molecule has 0 radical (unpaired) electrons. The maximum absolute atomic E-state index is 14.0. The predicted molar refractivity (Wildman–Crippen MR) is 115 cm³/mol. The summed E-state index contributed by atoms with van der Waals surface area (Å²) in [5, 5.41) is 7.31. The molecule has 0 unspecified atom stereocenters. The second-order valence-electron chi connectivity index (χ2n) is 8.72. The minimum atomic E-state index is -0.390. The number of halogens is 1. The van der Waals surface area contributed by atoms with Gasteiger partial charge >= 0.3 is 0 Å². The highest BCUT2D eigenvalue weighted by Crippen LogP contribution is 2.23. The topological polar surface area (TPSA) is 70.5 Å². The van der Waals surface area contributed by atoms with Gasteiger partial charge in [-0.15, -0.1) is 0 Å². The number of nitrogens with zero attached hydrogens (tertiary/aromatic N) is 4. The van der Waals surface area contributed by atoms with E-state index in [-0.39, 0.29) is 17.6 Å². The van der Waals surface area contributed by atoms with Gasteiger partial charge in [0.25, 0.3) is 5.91 Å². The fourth-order valence-electron chi connectivity index (χ4n) is 4.37. The van der Waals surface area contributed by atoms with Crippen LogP contribution in [0, 0.1) is 11.7 Å². The van der Waals surface area contributed by atoms with Gasteiger partial charge in [0, 0.05) is 38.4 Å². The van der Waals surface area contributed by atoms with Gasteiger partial charge in [0.2, 0.25) is 5.91 Å². The van der Waals surface area contributed by atoms with Crippen LogP contribution in [-0.2, 0) is 4.79 Å². The Labute approximate surface area is 182 Å². The molecule has 8 heteroatoms. The van der Waals surface area contributed by atoms with E-state index in [2.05, 4.69) is 22.2 Å². The van der Waals surface area contributed by atoms with Crippen LogP contribution in [0.5, 0.6) is 0 Å². The highest BCUT2D eigenvalue weighted by Gasteiger charge is 2.26. The highest BCUT2D eigenvalue weighted by molar-refractivity contribution is 5.94. The number of aromatic nitrogens is 2. The first-order valence-corrected chi connectivity index (χ1v) is 11.1. The molecule has 1 saturated carbocycles. The van der Waals surface area contributed by atoms with Crippen LogP contribution in [-0.4, -0.2) is 70.2 Å². The number of hydrogen-bond acceptors (Lipinski definition) is 4. The Hall–Kier alpha value is -2.74. The largest absolute Gasteiger partial charge is 0.352 e.